The van der Waals surface area contributed by atoms with Crippen LogP contribution >= 0.6 is 34.7 Å². The number of aromatic nitrogens is 1. The molecule has 5 aromatic rings. The van der Waals surface area contributed by atoms with Gasteiger partial charge in [0.05, 0.1) is 16.3 Å². The van der Waals surface area contributed by atoms with Crippen molar-refractivity contribution in [2.75, 3.05) is 0 Å². The maximum Gasteiger partial charge on any atom is 0.271 e. The number of fused-ring (bicyclic) bond motifs is 3. The Balaban J connectivity index is 1.34. The third-order valence-electron chi connectivity index (χ3n) is 6.90. The van der Waals surface area contributed by atoms with Gasteiger partial charge in [-0.3, -0.25) is 9.36 Å². The van der Waals surface area contributed by atoms with E-state index in [1.165, 1.54) is 39.8 Å². The lowest BCUT2D eigenvalue weighted by atomic mass is 9.83. The highest BCUT2D eigenvalue weighted by Crippen LogP contribution is 2.41. The fraction of sp³-hybridized carbons (Fsp3) is 0.0968. The standard InChI is InChI=1S/C31H21ClN2O2S2/c32-21-11-14-23(15-12-21)37-27-17-13-22(36-27)18-26-30(35)34-29(20-7-2-1-3-8-20)25-16-10-19-6-4-5-9-24(19)28(25)33-31(34)38-26/h1-9,11-15,17-18,29H,10,16H2/b26-18-/t29-/m1/s1. The van der Waals surface area contributed by atoms with Gasteiger partial charge in [0.25, 0.3) is 5.56 Å². The van der Waals surface area contributed by atoms with E-state index in [2.05, 4.69) is 36.4 Å². The van der Waals surface area contributed by atoms with E-state index in [9.17, 15) is 4.79 Å². The minimum absolute atomic E-state index is 0.0451. The summed E-state index contributed by atoms with van der Waals surface area (Å²) in [5, 5.41) is 1.45. The molecule has 0 unspecified atom stereocenters. The molecule has 2 aromatic heterocycles. The zero-order valence-electron chi connectivity index (χ0n) is 20.1. The van der Waals surface area contributed by atoms with E-state index in [0.717, 1.165) is 34.1 Å². The van der Waals surface area contributed by atoms with Gasteiger partial charge in [0.1, 0.15) is 5.76 Å². The molecule has 0 amide bonds. The topological polar surface area (TPSA) is 47.5 Å². The Morgan fingerprint density at radius 2 is 1.74 bits per heavy atom. The Hall–Kier alpha value is -3.58. The van der Waals surface area contributed by atoms with Crippen molar-refractivity contribution >= 4 is 46.5 Å². The van der Waals surface area contributed by atoms with E-state index in [0.29, 0.717) is 20.1 Å². The molecule has 1 aliphatic heterocycles. The first-order valence-corrected chi connectivity index (χ1v) is 14.4. The average molecular weight is 553 g/mol. The van der Waals surface area contributed by atoms with Crippen LogP contribution in [0.4, 0.5) is 0 Å². The van der Waals surface area contributed by atoms with Crippen molar-refractivity contribution in [1.29, 1.82) is 0 Å². The van der Waals surface area contributed by atoms with E-state index in [1.807, 2.05) is 65.2 Å². The summed E-state index contributed by atoms with van der Waals surface area (Å²) in [4.78, 5) is 20.7. The highest BCUT2D eigenvalue weighted by molar-refractivity contribution is 7.99. The average Bonchev–Trinajstić information content (AvgIpc) is 3.52. The largest absolute Gasteiger partial charge is 0.450 e. The van der Waals surface area contributed by atoms with Gasteiger partial charge in [0, 0.05) is 21.6 Å². The number of aryl methyl sites for hydroxylation is 1. The third kappa shape index (κ3) is 4.19. The van der Waals surface area contributed by atoms with Crippen LogP contribution in [0, 0.1) is 0 Å². The summed E-state index contributed by atoms with van der Waals surface area (Å²) < 4.78 is 8.53. The maximum atomic E-state index is 13.9. The molecular weight excluding hydrogens is 532 g/mol. The van der Waals surface area contributed by atoms with Gasteiger partial charge < -0.3 is 4.42 Å². The summed E-state index contributed by atoms with van der Waals surface area (Å²) in [6.07, 6.45) is 3.65. The molecule has 3 heterocycles. The fourth-order valence-electron chi connectivity index (χ4n) is 5.17. The summed E-state index contributed by atoms with van der Waals surface area (Å²) in [5.41, 5.74) is 5.74. The molecule has 3 aromatic carbocycles. The van der Waals surface area contributed by atoms with Gasteiger partial charge in [-0.1, -0.05) is 89.3 Å². The molecule has 0 bridgehead atoms. The van der Waals surface area contributed by atoms with Crippen molar-refractivity contribution in [2.45, 2.75) is 28.9 Å². The van der Waals surface area contributed by atoms with Crippen LogP contribution in [0.1, 0.15) is 34.9 Å². The molecule has 0 spiro atoms. The van der Waals surface area contributed by atoms with E-state index < -0.39 is 0 Å². The number of benzene rings is 3. The Labute approximate surface area is 232 Å². The van der Waals surface area contributed by atoms with Crippen LogP contribution in [0.5, 0.6) is 0 Å². The zero-order chi connectivity index (χ0) is 25.6. The van der Waals surface area contributed by atoms with Gasteiger partial charge in [-0.15, -0.1) is 0 Å². The van der Waals surface area contributed by atoms with Crippen LogP contribution in [0.15, 0.2) is 121 Å². The molecule has 1 atom stereocenters. The molecule has 1 aliphatic carbocycles. The number of nitrogens with zero attached hydrogens (tertiary/aromatic N) is 2. The van der Waals surface area contributed by atoms with Crippen molar-refractivity contribution < 1.29 is 4.42 Å². The molecule has 186 valence electrons. The van der Waals surface area contributed by atoms with E-state index in [1.54, 1.807) is 0 Å². The van der Waals surface area contributed by atoms with Crippen LogP contribution in [0.25, 0.3) is 11.8 Å². The van der Waals surface area contributed by atoms with Crippen LogP contribution in [-0.2, 0) is 6.42 Å². The van der Waals surface area contributed by atoms with Crippen molar-refractivity contribution in [2.24, 2.45) is 4.99 Å². The monoisotopic (exact) mass is 552 g/mol. The summed E-state index contributed by atoms with van der Waals surface area (Å²) in [5.74, 6) is 0.636. The first kappa shape index (κ1) is 23.5. The molecule has 0 radical (unpaired) electrons. The van der Waals surface area contributed by atoms with E-state index in [-0.39, 0.29) is 11.6 Å². The van der Waals surface area contributed by atoms with Crippen LogP contribution < -0.4 is 14.9 Å². The highest BCUT2D eigenvalue weighted by Gasteiger charge is 2.32. The van der Waals surface area contributed by atoms with Gasteiger partial charge in [-0.25, -0.2) is 4.99 Å². The Morgan fingerprint density at radius 3 is 2.58 bits per heavy atom. The Kier molecular flexibility index (Phi) is 5.96. The van der Waals surface area contributed by atoms with Crippen LogP contribution in [0.2, 0.25) is 5.02 Å². The van der Waals surface area contributed by atoms with Crippen molar-refractivity contribution in [3.05, 3.63) is 144 Å². The summed E-state index contributed by atoms with van der Waals surface area (Å²) >= 11 is 8.93. The van der Waals surface area contributed by atoms with Crippen molar-refractivity contribution in [3.8, 4) is 0 Å². The molecule has 2 aliphatic rings. The second-order valence-corrected chi connectivity index (χ2v) is 11.8. The van der Waals surface area contributed by atoms with Crippen LogP contribution in [-0.4, -0.2) is 4.57 Å². The predicted octanol–water partition coefficient (Wildman–Crippen LogP) is 6.72. The lowest BCUT2D eigenvalue weighted by Crippen LogP contribution is -2.38. The maximum absolute atomic E-state index is 13.9. The number of hydrogen-bond donors (Lipinski definition) is 0. The zero-order valence-corrected chi connectivity index (χ0v) is 22.5. The van der Waals surface area contributed by atoms with Crippen molar-refractivity contribution in [1.82, 2.24) is 4.57 Å². The Morgan fingerprint density at radius 1 is 0.947 bits per heavy atom. The molecule has 0 fully saturated rings. The molecule has 0 saturated carbocycles. The van der Waals surface area contributed by atoms with Gasteiger partial charge >= 0.3 is 0 Å². The predicted molar refractivity (Wildman–Crippen MR) is 153 cm³/mol. The SMILES string of the molecule is O=c1/c(=C/c2ccc(Sc3ccc(Cl)cc3)o2)sc2n1[C@H](c1ccccc1)C1=C(N=2)c2ccccc2CC1. The van der Waals surface area contributed by atoms with E-state index >= 15 is 0 Å². The van der Waals surface area contributed by atoms with E-state index in [4.69, 9.17) is 21.0 Å². The first-order chi connectivity index (χ1) is 18.6. The van der Waals surface area contributed by atoms with Gasteiger partial charge in [-0.2, -0.15) is 0 Å². The molecule has 7 heteroatoms. The highest BCUT2D eigenvalue weighted by atomic mass is 35.5. The van der Waals surface area contributed by atoms with Gasteiger partial charge in [0.15, 0.2) is 9.89 Å². The number of furan rings is 1. The van der Waals surface area contributed by atoms with Gasteiger partial charge in [0.2, 0.25) is 0 Å². The summed E-state index contributed by atoms with van der Waals surface area (Å²) in [6, 6.07) is 30.0. The lowest BCUT2D eigenvalue weighted by molar-refractivity contribution is 0.466. The van der Waals surface area contributed by atoms with Crippen LogP contribution in [0.3, 0.4) is 0 Å². The number of thiazole rings is 1. The quantitative estimate of drug-likeness (QED) is 0.249. The lowest BCUT2D eigenvalue weighted by Gasteiger charge is -2.30. The summed E-state index contributed by atoms with van der Waals surface area (Å²) in [6.45, 7) is 0. The first-order valence-electron chi connectivity index (χ1n) is 12.4. The minimum Gasteiger partial charge on any atom is -0.450 e. The smallest absolute Gasteiger partial charge is 0.271 e. The Bertz CT molecular complexity index is 1880. The number of allylic oxidation sites excluding steroid dienone is 1. The molecule has 0 saturated heterocycles. The fourth-order valence-corrected chi connectivity index (χ4v) is 7.06. The van der Waals surface area contributed by atoms with Gasteiger partial charge in [-0.05, 0) is 65.9 Å². The number of rotatable bonds is 4. The molecule has 4 nitrogen and oxygen atoms in total. The summed E-state index contributed by atoms with van der Waals surface area (Å²) in [7, 11) is 0. The third-order valence-corrected chi connectivity index (χ3v) is 9.06. The molecular formula is C31H21ClN2O2S2. The molecule has 7 rings (SSSR count). The minimum atomic E-state index is -0.175. The van der Waals surface area contributed by atoms with Crippen molar-refractivity contribution in [3.63, 3.8) is 0 Å². The second kappa shape index (κ2) is 9.62. The molecule has 38 heavy (non-hydrogen) atoms. The normalized spacial score (nSPS) is 16.6. The molecule has 0 N–H and O–H groups in total. The second-order valence-electron chi connectivity index (χ2n) is 9.24. The number of hydrogen-bond acceptors (Lipinski definition) is 5. The number of halogens is 1.